The maximum Gasteiger partial charge on any atom is 0.306 e. The first kappa shape index (κ1) is 72.2. The van der Waals surface area contributed by atoms with Crippen LogP contribution in [0.5, 0.6) is 0 Å². The molecule has 0 aliphatic carbocycles. The smallest absolute Gasteiger partial charge is 0.306 e. The van der Waals surface area contributed by atoms with Gasteiger partial charge in [-0.05, 0) is 116 Å². The third-order valence-corrected chi connectivity index (χ3v) is 13.1. The SMILES string of the molecule is CC/C=C\C/C=C\C/C=C\C/C=C\C/C=C\C/C=C\C/C=C\C/C=C\C/C=C\C/C=C\CCCCC(=O)OC(COC(=O)CCCCCCCCCCC/C=C\CCCCCCCC)COP(=O)([O-])OCC[N+](C)(C)C. The third kappa shape index (κ3) is 59.4. The van der Waals surface area contributed by atoms with Crippen LogP contribution in [-0.4, -0.2) is 70.0 Å². The highest BCUT2D eigenvalue weighted by Crippen LogP contribution is 2.38. The number of ether oxygens (including phenoxy) is 2. The molecular formula is C66H110NO8P. The van der Waals surface area contributed by atoms with E-state index in [4.69, 9.17) is 18.5 Å². The van der Waals surface area contributed by atoms with Gasteiger partial charge >= 0.3 is 11.9 Å². The number of nitrogens with zero attached hydrogens (tertiary/aromatic N) is 1. The van der Waals surface area contributed by atoms with Gasteiger partial charge < -0.3 is 27.9 Å². The van der Waals surface area contributed by atoms with Gasteiger partial charge in [0.25, 0.3) is 7.82 Å². The molecule has 0 aromatic heterocycles. The zero-order chi connectivity index (χ0) is 55.6. The van der Waals surface area contributed by atoms with E-state index in [1.54, 1.807) is 0 Å². The zero-order valence-electron chi connectivity index (χ0n) is 48.9. The monoisotopic (exact) mass is 1080 g/mol. The van der Waals surface area contributed by atoms with Crippen LogP contribution in [0.1, 0.15) is 219 Å². The Bertz CT molecular complexity index is 1740. The first-order chi connectivity index (χ1) is 37.0. The molecule has 0 radical (unpaired) electrons. The third-order valence-electron chi connectivity index (χ3n) is 12.2. The number of phosphoric ester groups is 1. The summed E-state index contributed by atoms with van der Waals surface area (Å²) in [6.07, 6.45) is 80.7. The average Bonchev–Trinajstić information content (AvgIpc) is 3.38. The Morgan fingerprint density at radius 3 is 1.16 bits per heavy atom. The van der Waals surface area contributed by atoms with Crippen molar-refractivity contribution in [2.75, 3.05) is 47.5 Å². The lowest BCUT2D eigenvalue weighted by Gasteiger charge is -2.28. The summed E-state index contributed by atoms with van der Waals surface area (Å²) in [4.78, 5) is 37.9. The minimum Gasteiger partial charge on any atom is -0.756 e. The Morgan fingerprint density at radius 2 is 0.750 bits per heavy atom. The lowest BCUT2D eigenvalue weighted by atomic mass is 10.1. The molecule has 2 unspecified atom stereocenters. The van der Waals surface area contributed by atoms with E-state index in [0.717, 1.165) is 96.3 Å². The van der Waals surface area contributed by atoms with Crippen molar-refractivity contribution in [3.05, 3.63) is 134 Å². The predicted molar refractivity (Wildman–Crippen MR) is 323 cm³/mol. The predicted octanol–water partition coefficient (Wildman–Crippen LogP) is 18.3. The van der Waals surface area contributed by atoms with Crippen LogP contribution in [0.3, 0.4) is 0 Å². The zero-order valence-corrected chi connectivity index (χ0v) is 49.8. The van der Waals surface area contributed by atoms with E-state index >= 15 is 0 Å². The molecule has 9 nitrogen and oxygen atoms in total. The Labute approximate surface area is 466 Å². The van der Waals surface area contributed by atoms with Crippen molar-refractivity contribution in [2.45, 2.75) is 225 Å². The van der Waals surface area contributed by atoms with Crippen LogP contribution >= 0.6 is 7.82 Å². The first-order valence-corrected chi connectivity index (χ1v) is 31.4. The molecule has 0 heterocycles. The molecule has 0 saturated heterocycles. The van der Waals surface area contributed by atoms with Gasteiger partial charge in [0.15, 0.2) is 6.10 Å². The number of likely N-dealkylation sites (N-methyl/N-ethyl adjacent to an activating group) is 1. The molecular weight excluding hydrogens is 966 g/mol. The maximum absolute atomic E-state index is 12.8. The second kappa shape index (κ2) is 55.9. The molecule has 0 spiro atoms. The highest BCUT2D eigenvalue weighted by molar-refractivity contribution is 7.45. The molecule has 0 aliphatic rings. The summed E-state index contributed by atoms with van der Waals surface area (Å²) in [6.45, 7) is 4.06. The Balaban J connectivity index is 4.29. The van der Waals surface area contributed by atoms with Crippen LogP contribution in [-0.2, 0) is 32.7 Å². The number of phosphoric acid groups is 1. The Morgan fingerprint density at radius 1 is 0.421 bits per heavy atom. The maximum atomic E-state index is 12.8. The minimum atomic E-state index is -4.66. The van der Waals surface area contributed by atoms with E-state index in [1.807, 2.05) is 21.1 Å². The molecule has 76 heavy (non-hydrogen) atoms. The van der Waals surface area contributed by atoms with Crippen LogP contribution in [0.15, 0.2) is 134 Å². The summed E-state index contributed by atoms with van der Waals surface area (Å²) >= 11 is 0. The van der Waals surface area contributed by atoms with E-state index in [0.29, 0.717) is 23.9 Å². The van der Waals surface area contributed by atoms with Crippen molar-refractivity contribution in [1.82, 2.24) is 0 Å². The van der Waals surface area contributed by atoms with Crippen LogP contribution < -0.4 is 4.89 Å². The van der Waals surface area contributed by atoms with Crippen LogP contribution in [0.4, 0.5) is 0 Å². The number of hydrogen-bond donors (Lipinski definition) is 0. The van der Waals surface area contributed by atoms with E-state index in [2.05, 4.69) is 148 Å². The summed E-state index contributed by atoms with van der Waals surface area (Å²) in [5.74, 6) is -0.895. The molecule has 0 bridgehead atoms. The second-order valence-electron chi connectivity index (χ2n) is 20.6. The number of carbonyl (C=O) groups excluding carboxylic acids is 2. The van der Waals surface area contributed by atoms with Gasteiger partial charge in [-0.15, -0.1) is 0 Å². The quantitative estimate of drug-likeness (QED) is 0.0195. The molecule has 0 fully saturated rings. The summed E-state index contributed by atoms with van der Waals surface area (Å²) in [7, 11) is 1.12. The topological polar surface area (TPSA) is 111 Å². The number of allylic oxidation sites excluding steroid dienone is 22. The standard InChI is InChI=1S/C66H110NO8P/c1-6-8-10-12-14-16-18-20-22-24-26-27-28-29-30-31-32-33-34-35-36-37-38-39-41-43-45-47-49-51-53-55-57-59-66(69)75-64(63-74-76(70,71)73-61-60-67(3,4)5)62-72-65(68)58-56-54-52-50-48-46-44-42-40-25-23-21-19-17-15-13-11-9-7-2/h8,10,14,16,20-23,26-27,29-30,32-33,35-36,38-39,43,45,49,51,64H,6-7,9,11-13,15,17-19,24-25,28,31,34,37,40-42,44,46-48,50,52-63H2,1-5H3/b10-8-,16-14-,22-20-,23-21-,27-26-,30-29-,33-32-,36-35-,39-38-,45-43-,51-49-. The van der Waals surface area contributed by atoms with Crippen molar-refractivity contribution in [3.63, 3.8) is 0 Å². The van der Waals surface area contributed by atoms with Gasteiger partial charge in [-0.3, -0.25) is 14.2 Å². The van der Waals surface area contributed by atoms with Gasteiger partial charge in [0.05, 0.1) is 27.7 Å². The molecule has 432 valence electrons. The molecule has 0 aliphatic heterocycles. The fourth-order valence-electron chi connectivity index (χ4n) is 7.56. The summed E-state index contributed by atoms with van der Waals surface area (Å²) < 4.78 is 34.1. The average molecular weight is 1080 g/mol. The number of hydrogen-bond acceptors (Lipinski definition) is 8. The molecule has 0 rings (SSSR count). The fraction of sp³-hybridized carbons (Fsp3) is 0.636. The van der Waals surface area contributed by atoms with Crippen LogP contribution in [0.2, 0.25) is 0 Å². The molecule has 0 saturated carbocycles. The minimum absolute atomic E-state index is 0.0468. The van der Waals surface area contributed by atoms with Crippen molar-refractivity contribution in [1.29, 1.82) is 0 Å². The van der Waals surface area contributed by atoms with Gasteiger partial charge in [0, 0.05) is 12.8 Å². The van der Waals surface area contributed by atoms with Gasteiger partial charge in [-0.1, -0.05) is 225 Å². The molecule has 10 heteroatoms. The Kier molecular flexibility index (Phi) is 53.1. The van der Waals surface area contributed by atoms with Crippen molar-refractivity contribution in [3.8, 4) is 0 Å². The number of esters is 2. The van der Waals surface area contributed by atoms with E-state index in [-0.39, 0.29) is 26.1 Å². The van der Waals surface area contributed by atoms with Gasteiger partial charge in [0.2, 0.25) is 0 Å². The molecule has 0 N–H and O–H groups in total. The molecule has 0 aromatic carbocycles. The van der Waals surface area contributed by atoms with Gasteiger partial charge in [-0.25, -0.2) is 0 Å². The fourth-order valence-corrected chi connectivity index (χ4v) is 8.29. The second-order valence-corrected chi connectivity index (χ2v) is 22.0. The number of quaternary nitrogens is 1. The first-order valence-electron chi connectivity index (χ1n) is 29.9. The highest BCUT2D eigenvalue weighted by atomic mass is 31.2. The molecule has 0 amide bonds. The van der Waals surface area contributed by atoms with Crippen LogP contribution in [0, 0.1) is 0 Å². The summed E-state index contributed by atoms with van der Waals surface area (Å²) in [5, 5.41) is 0. The van der Waals surface area contributed by atoms with Gasteiger partial charge in [0.1, 0.15) is 19.8 Å². The normalized spacial score (nSPS) is 14.2. The highest BCUT2D eigenvalue weighted by Gasteiger charge is 2.21. The molecule has 2 atom stereocenters. The van der Waals surface area contributed by atoms with Gasteiger partial charge in [-0.2, -0.15) is 0 Å². The lowest BCUT2D eigenvalue weighted by molar-refractivity contribution is -0.870. The number of unbranched alkanes of at least 4 members (excludes halogenated alkanes) is 17. The number of rotatable bonds is 53. The number of carbonyl (C=O) groups is 2. The van der Waals surface area contributed by atoms with Crippen molar-refractivity contribution in [2.24, 2.45) is 0 Å². The van der Waals surface area contributed by atoms with Crippen LogP contribution in [0.25, 0.3) is 0 Å². The van der Waals surface area contributed by atoms with E-state index in [1.165, 1.54) is 83.5 Å². The summed E-state index contributed by atoms with van der Waals surface area (Å²) in [5.41, 5.74) is 0. The summed E-state index contributed by atoms with van der Waals surface area (Å²) in [6, 6.07) is 0. The molecule has 0 aromatic rings. The van der Waals surface area contributed by atoms with Crippen molar-refractivity contribution < 1.29 is 42.1 Å². The van der Waals surface area contributed by atoms with E-state index < -0.39 is 32.5 Å². The lowest BCUT2D eigenvalue weighted by Crippen LogP contribution is -2.37. The Hall–Kier alpha value is -3.85. The van der Waals surface area contributed by atoms with E-state index in [9.17, 15) is 19.0 Å². The largest absolute Gasteiger partial charge is 0.756 e. The van der Waals surface area contributed by atoms with Crippen molar-refractivity contribution >= 4 is 19.8 Å².